The molecular weight excluding hydrogens is 278 g/mol. The molecule has 0 saturated carbocycles. The lowest BCUT2D eigenvalue weighted by Crippen LogP contribution is -2.47. The van der Waals surface area contributed by atoms with Gasteiger partial charge < -0.3 is 10.4 Å². The highest BCUT2D eigenvalue weighted by Crippen LogP contribution is 2.34. The first-order valence-corrected chi connectivity index (χ1v) is 7.60. The predicted molar refractivity (Wildman–Crippen MR) is 78.2 cm³/mol. The molecule has 1 atom stereocenters. The van der Waals surface area contributed by atoms with Crippen molar-refractivity contribution in [2.45, 2.75) is 46.1 Å². The van der Waals surface area contributed by atoms with Crippen LogP contribution in [-0.2, 0) is 24.2 Å². The molecule has 0 radical (unpaired) electrons. The summed E-state index contributed by atoms with van der Waals surface area (Å²) >= 11 is 6.40. The summed E-state index contributed by atoms with van der Waals surface area (Å²) in [5.74, 6) is -0.748. The minimum Gasteiger partial charge on any atom is -0.481 e. The second kappa shape index (κ2) is 6.14. The van der Waals surface area contributed by atoms with E-state index >= 15 is 0 Å². The first-order chi connectivity index (χ1) is 9.54. The quantitative estimate of drug-likeness (QED) is 0.874. The summed E-state index contributed by atoms with van der Waals surface area (Å²) in [6.07, 6.45) is 2.76. The van der Waals surface area contributed by atoms with Crippen molar-refractivity contribution in [3.05, 3.63) is 16.4 Å². The van der Waals surface area contributed by atoms with Crippen molar-refractivity contribution in [3.8, 4) is 0 Å². The minimum absolute atomic E-state index is 0.439. The molecule has 0 amide bonds. The normalized spacial score (nSPS) is 22.9. The van der Waals surface area contributed by atoms with Crippen LogP contribution in [0, 0.1) is 5.41 Å². The standard InChI is InChI=1S/C14H22ClN3O2/c1-3-10-12(15)11(18(4-2)17-10)8-14(13(19)20)6-5-7-16-9-14/h16H,3-9H2,1-2H3,(H,19,20). The monoisotopic (exact) mass is 299 g/mol. The molecule has 5 nitrogen and oxygen atoms in total. The van der Waals surface area contributed by atoms with Gasteiger partial charge in [0, 0.05) is 19.5 Å². The third-order valence-corrected chi connectivity index (χ3v) is 4.56. The molecule has 20 heavy (non-hydrogen) atoms. The Morgan fingerprint density at radius 1 is 1.55 bits per heavy atom. The van der Waals surface area contributed by atoms with Gasteiger partial charge in [0.15, 0.2) is 0 Å². The van der Waals surface area contributed by atoms with Gasteiger partial charge in [0.2, 0.25) is 0 Å². The molecule has 1 fully saturated rings. The van der Waals surface area contributed by atoms with E-state index in [0.29, 0.717) is 31.0 Å². The predicted octanol–water partition coefficient (Wildman–Crippen LogP) is 2.12. The molecule has 1 aromatic heterocycles. The molecule has 1 unspecified atom stereocenters. The number of nitrogens with one attached hydrogen (secondary N) is 1. The van der Waals surface area contributed by atoms with Gasteiger partial charge in [0.25, 0.3) is 0 Å². The summed E-state index contributed by atoms with van der Waals surface area (Å²) in [5.41, 5.74) is 0.949. The van der Waals surface area contributed by atoms with Crippen molar-refractivity contribution in [1.29, 1.82) is 0 Å². The molecule has 0 spiro atoms. The number of carboxylic acid groups (broad SMARTS) is 1. The molecule has 1 aromatic rings. The average molecular weight is 300 g/mol. The fourth-order valence-electron chi connectivity index (χ4n) is 2.88. The van der Waals surface area contributed by atoms with Gasteiger partial charge in [-0.25, -0.2) is 0 Å². The lowest BCUT2D eigenvalue weighted by Gasteiger charge is -2.33. The Morgan fingerprint density at radius 3 is 2.80 bits per heavy atom. The Morgan fingerprint density at radius 2 is 2.30 bits per heavy atom. The Balaban J connectivity index is 2.35. The SMILES string of the molecule is CCc1nn(CC)c(CC2(C(=O)O)CCCNC2)c1Cl. The van der Waals surface area contributed by atoms with Crippen LogP contribution in [0.4, 0.5) is 0 Å². The maximum atomic E-state index is 11.8. The number of hydrogen-bond acceptors (Lipinski definition) is 3. The number of aliphatic carboxylic acids is 1. The van der Waals surface area contributed by atoms with Crippen LogP contribution in [0.3, 0.4) is 0 Å². The van der Waals surface area contributed by atoms with Crippen LogP contribution < -0.4 is 5.32 Å². The van der Waals surface area contributed by atoms with Crippen molar-refractivity contribution in [1.82, 2.24) is 15.1 Å². The van der Waals surface area contributed by atoms with Gasteiger partial charge in [-0.2, -0.15) is 5.10 Å². The third-order valence-electron chi connectivity index (χ3n) is 4.13. The number of rotatable bonds is 5. The van der Waals surface area contributed by atoms with E-state index in [2.05, 4.69) is 10.4 Å². The lowest BCUT2D eigenvalue weighted by atomic mass is 9.77. The maximum Gasteiger partial charge on any atom is 0.311 e. The zero-order valence-electron chi connectivity index (χ0n) is 12.1. The third kappa shape index (κ3) is 2.69. The van der Waals surface area contributed by atoms with Gasteiger partial charge in [-0.05, 0) is 32.7 Å². The number of carbonyl (C=O) groups is 1. The first kappa shape index (κ1) is 15.3. The molecule has 2 heterocycles. The van der Waals surface area contributed by atoms with Crippen LogP contribution in [0.5, 0.6) is 0 Å². The summed E-state index contributed by atoms with van der Waals surface area (Å²) < 4.78 is 1.85. The molecule has 0 aliphatic carbocycles. The molecule has 2 N–H and O–H groups in total. The van der Waals surface area contributed by atoms with E-state index in [1.807, 2.05) is 18.5 Å². The van der Waals surface area contributed by atoms with Gasteiger partial charge in [0.1, 0.15) is 0 Å². The lowest BCUT2D eigenvalue weighted by molar-refractivity contribution is -0.150. The molecular formula is C14H22ClN3O2. The van der Waals surface area contributed by atoms with Crippen LogP contribution in [0.15, 0.2) is 0 Å². The summed E-state index contributed by atoms with van der Waals surface area (Å²) in [5, 5.41) is 18.0. The second-order valence-electron chi connectivity index (χ2n) is 5.42. The topological polar surface area (TPSA) is 67.2 Å². The fourth-order valence-corrected chi connectivity index (χ4v) is 3.22. The van der Waals surface area contributed by atoms with Crippen molar-refractivity contribution in [2.75, 3.05) is 13.1 Å². The second-order valence-corrected chi connectivity index (χ2v) is 5.80. The number of aromatic nitrogens is 2. The van der Waals surface area contributed by atoms with E-state index in [4.69, 9.17) is 11.6 Å². The number of hydrogen-bond donors (Lipinski definition) is 2. The highest BCUT2D eigenvalue weighted by Gasteiger charge is 2.41. The molecule has 0 aromatic carbocycles. The molecule has 0 bridgehead atoms. The smallest absolute Gasteiger partial charge is 0.311 e. The van der Waals surface area contributed by atoms with E-state index in [9.17, 15) is 9.90 Å². The van der Waals surface area contributed by atoms with Gasteiger partial charge in [-0.3, -0.25) is 9.48 Å². The van der Waals surface area contributed by atoms with Crippen molar-refractivity contribution < 1.29 is 9.90 Å². The van der Waals surface area contributed by atoms with E-state index < -0.39 is 11.4 Å². The Hall–Kier alpha value is -1.07. The first-order valence-electron chi connectivity index (χ1n) is 7.22. The minimum atomic E-state index is -0.764. The van der Waals surface area contributed by atoms with Crippen LogP contribution in [-0.4, -0.2) is 33.9 Å². The fraction of sp³-hybridized carbons (Fsp3) is 0.714. The molecule has 2 rings (SSSR count). The number of piperidine rings is 1. The summed E-state index contributed by atoms with van der Waals surface area (Å²) in [6.45, 7) is 6.09. The Kier molecular flexibility index (Phi) is 4.70. The zero-order valence-corrected chi connectivity index (χ0v) is 12.8. The molecule has 1 saturated heterocycles. The van der Waals surface area contributed by atoms with Gasteiger partial charge in [0.05, 0.1) is 21.8 Å². The molecule has 6 heteroatoms. The molecule has 112 valence electrons. The summed E-state index contributed by atoms with van der Waals surface area (Å²) in [6, 6.07) is 0. The highest BCUT2D eigenvalue weighted by molar-refractivity contribution is 6.31. The number of aryl methyl sites for hydroxylation is 2. The van der Waals surface area contributed by atoms with Crippen LogP contribution in [0.2, 0.25) is 5.02 Å². The highest BCUT2D eigenvalue weighted by atomic mass is 35.5. The van der Waals surface area contributed by atoms with E-state index in [0.717, 1.165) is 30.8 Å². The molecule has 1 aliphatic heterocycles. The van der Waals surface area contributed by atoms with Gasteiger partial charge >= 0.3 is 5.97 Å². The number of nitrogens with zero attached hydrogens (tertiary/aromatic N) is 2. The Labute approximate surface area is 124 Å². The van der Waals surface area contributed by atoms with Crippen LogP contribution in [0.25, 0.3) is 0 Å². The van der Waals surface area contributed by atoms with Crippen LogP contribution >= 0.6 is 11.6 Å². The van der Waals surface area contributed by atoms with Gasteiger partial charge in [-0.1, -0.05) is 18.5 Å². The number of carboxylic acids is 1. The average Bonchev–Trinajstić information content (AvgIpc) is 2.76. The largest absolute Gasteiger partial charge is 0.481 e. The maximum absolute atomic E-state index is 11.8. The van der Waals surface area contributed by atoms with E-state index in [-0.39, 0.29) is 0 Å². The Bertz CT molecular complexity index is 493. The van der Waals surface area contributed by atoms with Gasteiger partial charge in [-0.15, -0.1) is 0 Å². The van der Waals surface area contributed by atoms with E-state index in [1.165, 1.54) is 0 Å². The summed E-state index contributed by atoms with van der Waals surface area (Å²) in [4.78, 5) is 11.8. The van der Waals surface area contributed by atoms with Crippen LogP contribution in [0.1, 0.15) is 38.1 Å². The summed E-state index contributed by atoms with van der Waals surface area (Å²) in [7, 11) is 0. The molecule has 1 aliphatic rings. The van der Waals surface area contributed by atoms with Crippen molar-refractivity contribution in [2.24, 2.45) is 5.41 Å². The van der Waals surface area contributed by atoms with Crippen molar-refractivity contribution in [3.63, 3.8) is 0 Å². The number of halogens is 1. The van der Waals surface area contributed by atoms with Crippen molar-refractivity contribution >= 4 is 17.6 Å². The van der Waals surface area contributed by atoms with E-state index in [1.54, 1.807) is 0 Å². The zero-order chi connectivity index (χ0) is 14.8.